The maximum absolute atomic E-state index is 11.3. The lowest BCUT2D eigenvalue weighted by Crippen LogP contribution is -2.40. The van der Waals surface area contributed by atoms with Gasteiger partial charge in [-0.05, 0) is 42.5 Å². The molecule has 1 aliphatic rings. The van der Waals surface area contributed by atoms with Gasteiger partial charge in [0.1, 0.15) is 28.7 Å². The Labute approximate surface area is 193 Å². The zero-order valence-electron chi connectivity index (χ0n) is 18.0. The Morgan fingerprint density at radius 1 is 1.19 bits per heavy atom. The van der Waals surface area contributed by atoms with E-state index in [1.54, 1.807) is 24.3 Å². The van der Waals surface area contributed by atoms with Gasteiger partial charge in [-0.2, -0.15) is 18.9 Å². The van der Waals surface area contributed by atoms with Crippen LogP contribution in [0.3, 0.4) is 0 Å². The van der Waals surface area contributed by atoms with Gasteiger partial charge in [-0.15, -0.1) is 11.8 Å². The van der Waals surface area contributed by atoms with Gasteiger partial charge in [0, 0.05) is 24.9 Å². The molecule has 0 saturated carbocycles. The average Bonchev–Trinajstić information content (AvgIpc) is 2.76. The topological polar surface area (TPSA) is 133 Å². The van der Waals surface area contributed by atoms with Crippen molar-refractivity contribution in [3.05, 3.63) is 46.5 Å². The normalized spacial score (nSPS) is 14.6. The van der Waals surface area contributed by atoms with Crippen LogP contribution in [0.1, 0.15) is 42.0 Å². The summed E-state index contributed by atoms with van der Waals surface area (Å²) in [5.74, 6) is 1.39. The maximum Gasteiger partial charge on any atom is 0.306 e. The lowest BCUT2D eigenvalue weighted by Gasteiger charge is -2.32. The van der Waals surface area contributed by atoms with E-state index >= 15 is 0 Å². The first-order valence-electron chi connectivity index (χ1n) is 10.2. The molecule has 0 amide bonds. The highest BCUT2D eigenvalue weighted by Crippen LogP contribution is 2.34. The number of pyridine rings is 1. The lowest BCUT2D eigenvalue weighted by atomic mass is 10.00. The van der Waals surface area contributed by atoms with E-state index in [1.807, 2.05) is 6.92 Å². The summed E-state index contributed by atoms with van der Waals surface area (Å²) in [6, 6.07) is 11.4. The van der Waals surface area contributed by atoms with Gasteiger partial charge in [-0.1, -0.05) is 19.1 Å². The Hall–Kier alpha value is -2.79. The van der Waals surface area contributed by atoms with Crippen LogP contribution in [-0.2, 0) is 22.3 Å². The zero-order valence-corrected chi connectivity index (χ0v) is 19.7. The molecule has 168 valence electrons. The number of nitrogens with zero attached hydrogens (tertiary/aromatic N) is 4. The maximum atomic E-state index is 11.3. The minimum Gasteiger partial charge on any atom is -0.383 e. The number of hydrogen-bond acceptors (Lipinski definition) is 9. The van der Waals surface area contributed by atoms with E-state index < -0.39 is 10.1 Å². The second-order valence-corrected chi connectivity index (χ2v) is 10.1. The van der Waals surface area contributed by atoms with E-state index in [-0.39, 0.29) is 11.8 Å². The Morgan fingerprint density at radius 2 is 1.81 bits per heavy atom. The van der Waals surface area contributed by atoms with E-state index in [0.29, 0.717) is 39.7 Å². The minimum absolute atomic E-state index is 0.157. The highest BCUT2D eigenvalue weighted by molar-refractivity contribution is 7.98. The quantitative estimate of drug-likeness (QED) is 0.478. The fourth-order valence-electron chi connectivity index (χ4n) is 3.60. The first-order valence-corrected chi connectivity index (χ1v) is 13.0. The number of nitriles is 2. The van der Waals surface area contributed by atoms with Crippen LogP contribution < -0.4 is 14.8 Å². The van der Waals surface area contributed by atoms with Crippen molar-refractivity contribution in [1.29, 1.82) is 10.5 Å². The molecule has 0 radical (unpaired) electrons. The highest BCUT2D eigenvalue weighted by atomic mass is 32.2. The molecule has 1 aromatic heterocycles. The van der Waals surface area contributed by atoms with Gasteiger partial charge in [0.05, 0.1) is 17.4 Å². The second-order valence-electron chi connectivity index (χ2n) is 7.59. The third kappa shape index (κ3) is 5.71. The third-order valence-electron chi connectivity index (χ3n) is 5.21. The molecule has 32 heavy (non-hydrogen) atoms. The van der Waals surface area contributed by atoms with Gasteiger partial charge in [0.15, 0.2) is 0 Å². The fourth-order valence-corrected chi connectivity index (χ4v) is 5.02. The molecular formula is C22H25N5O3S2. The molecule has 0 unspecified atom stereocenters. The second kappa shape index (κ2) is 10.2. The number of rotatable bonds is 7. The van der Waals surface area contributed by atoms with Crippen LogP contribution in [0.15, 0.2) is 29.3 Å². The van der Waals surface area contributed by atoms with E-state index in [4.69, 9.17) is 14.9 Å². The summed E-state index contributed by atoms with van der Waals surface area (Å²) in [4.78, 5) is 6.84. The fraction of sp³-hybridized carbons (Fsp3) is 0.409. The van der Waals surface area contributed by atoms with Gasteiger partial charge < -0.3 is 14.8 Å². The Morgan fingerprint density at radius 3 is 2.34 bits per heavy atom. The molecule has 0 atom stereocenters. The largest absolute Gasteiger partial charge is 0.383 e. The molecule has 0 spiro atoms. The molecule has 0 bridgehead atoms. The standard InChI is InChI=1S/C22H25N5O3S2/c1-3-18-19(12-23)21(27-10-8-16(25)9-11-27)26-22(20(18)13-24)31-14-15-4-6-17(7-5-15)30-32(2,28)29/h4-7,16H,3,8-11,14,25H2,1-2H3. The Balaban J connectivity index is 1.89. The van der Waals surface area contributed by atoms with Gasteiger partial charge in [-0.25, -0.2) is 4.98 Å². The molecule has 1 aliphatic heterocycles. The Kier molecular flexibility index (Phi) is 7.62. The minimum atomic E-state index is -3.58. The van der Waals surface area contributed by atoms with Crippen molar-refractivity contribution in [3.63, 3.8) is 0 Å². The molecule has 1 aromatic carbocycles. The van der Waals surface area contributed by atoms with Gasteiger partial charge in [-0.3, -0.25) is 0 Å². The molecular weight excluding hydrogens is 446 g/mol. The van der Waals surface area contributed by atoms with Crippen molar-refractivity contribution in [3.8, 4) is 17.9 Å². The monoisotopic (exact) mass is 471 g/mol. The molecule has 1 saturated heterocycles. The van der Waals surface area contributed by atoms with Crippen LogP contribution in [-0.4, -0.2) is 38.8 Å². The van der Waals surface area contributed by atoms with E-state index in [1.165, 1.54) is 11.8 Å². The van der Waals surface area contributed by atoms with Crippen molar-refractivity contribution in [2.75, 3.05) is 24.2 Å². The molecule has 2 heterocycles. The summed E-state index contributed by atoms with van der Waals surface area (Å²) in [6.45, 7) is 3.38. The molecule has 3 rings (SSSR count). The van der Waals surface area contributed by atoms with E-state index in [0.717, 1.165) is 37.8 Å². The lowest BCUT2D eigenvalue weighted by molar-refractivity contribution is 0.493. The van der Waals surface area contributed by atoms with Gasteiger partial charge in [0.25, 0.3) is 0 Å². The summed E-state index contributed by atoms with van der Waals surface area (Å²) < 4.78 is 27.4. The smallest absolute Gasteiger partial charge is 0.306 e. The highest BCUT2D eigenvalue weighted by Gasteiger charge is 2.25. The third-order valence-corrected chi connectivity index (χ3v) is 6.75. The van der Waals surface area contributed by atoms with Crippen LogP contribution in [0.4, 0.5) is 5.82 Å². The SMILES string of the molecule is CCc1c(C#N)c(SCc2ccc(OS(C)(=O)=O)cc2)nc(N2CCC(N)CC2)c1C#N. The van der Waals surface area contributed by atoms with Crippen molar-refractivity contribution in [2.24, 2.45) is 5.73 Å². The van der Waals surface area contributed by atoms with E-state index in [9.17, 15) is 18.9 Å². The molecule has 2 N–H and O–H groups in total. The zero-order chi connectivity index (χ0) is 23.3. The van der Waals surface area contributed by atoms with Crippen LogP contribution in [0.2, 0.25) is 0 Å². The number of hydrogen-bond donors (Lipinski definition) is 1. The van der Waals surface area contributed by atoms with Crippen molar-refractivity contribution < 1.29 is 12.6 Å². The van der Waals surface area contributed by atoms with Crippen molar-refractivity contribution in [2.45, 2.75) is 43.0 Å². The summed E-state index contributed by atoms with van der Waals surface area (Å²) in [5, 5.41) is 20.2. The van der Waals surface area contributed by atoms with Crippen LogP contribution in [0.25, 0.3) is 0 Å². The first-order chi connectivity index (χ1) is 15.3. The number of nitrogens with two attached hydrogens (primary N) is 1. The molecule has 1 fully saturated rings. The number of benzene rings is 1. The summed E-state index contributed by atoms with van der Waals surface area (Å²) in [7, 11) is -3.58. The van der Waals surface area contributed by atoms with Crippen LogP contribution in [0.5, 0.6) is 5.75 Å². The number of aromatic nitrogens is 1. The number of thioether (sulfide) groups is 1. The predicted octanol–water partition coefficient (Wildman–Crippen LogP) is 2.95. The van der Waals surface area contributed by atoms with Crippen LogP contribution in [0, 0.1) is 22.7 Å². The predicted molar refractivity (Wildman–Crippen MR) is 124 cm³/mol. The van der Waals surface area contributed by atoms with Crippen LogP contribution >= 0.6 is 11.8 Å². The van der Waals surface area contributed by atoms with E-state index in [2.05, 4.69) is 17.0 Å². The molecule has 0 aliphatic carbocycles. The summed E-state index contributed by atoms with van der Waals surface area (Å²) in [5.41, 5.74) is 8.57. The average molecular weight is 472 g/mol. The number of anilines is 1. The Bertz CT molecular complexity index is 1160. The summed E-state index contributed by atoms with van der Waals surface area (Å²) >= 11 is 1.42. The van der Waals surface area contributed by atoms with Gasteiger partial charge in [0.2, 0.25) is 0 Å². The van der Waals surface area contributed by atoms with Gasteiger partial charge >= 0.3 is 10.1 Å². The molecule has 2 aromatic rings. The molecule has 8 nitrogen and oxygen atoms in total. The van der Waals surface area contributed by atoms with Crippen molar-refractivity contribution in [1.82, 2.24) is 4.98 Å². The number of piperidine rings is 1. The van der Waals surface area contributed by atoms with Crippen molar-refractivity contribution >= 4 is 27.7 Å². The first kappa shape index (κ1) is 23.9. The summed E-state index contributed by atoms with van der Waals surface area (Å²) in [6.07, 6.45) is 3.21. The molecule has 10 heteroatoms.